The van der Waals surface area contributed by atoms with Crippen LogP contribution in [0.15, 0.2) is 146 Å². The molecule has 0 bridgehead atoms. The Hall–Kier alpha value is -9.02. The van der Waals surface area contributed by atoms with E-state index in [-0.39, 0.29) is 34.1 Å². The molecule has 2 heterocycles. The summed E-state index contributed by atoms with van der Waals surface area (Å²) in [5.41, 5.74) is -2.65. The van der Waals surface area contributed by atoms with Crippen LogP contribution >= 0.6 is 11.3 Å². The third-order valence-electron chi connectivity index (χ3n) is 9.84. The first-order chi connectivity index (χ1) is 38.4. The highest BCUT2D eigenvalue weighted by atomic mass is 32.2. The molecule has 0 fully saturated rings. The Morgan fingerprint density at radius 3 is 1.63 bits per heavy atom. The number of azo groups is 3. The molecule has 436 valence electrons. The van der Waals surface area contributed by atoms with Crippen molar-refractivity contribution in [3.8, 4) is 17.3 Å². The molecule has 0 radical (unpaired) electrons. The third kappa shape index (κ3) is 16.3. The average Bonchev–Trinajstić information content (AvgIpc) is 4.10. The summed E-state index contributed by atoms with van der Waals surface area (Å²) in [5, 5.41) is 49.8. The molecule has 36 nitrogen and oxygen atoms in total. The number of fused-ring (bicyclic) bond motifs is 3. The minimum atomic E-state index is -5.41. The van der Waals surface area contributed by atoms with Crippen LogP contribution in [0, 0.1) is 0 Å². The van der Waals surface area contributed by atoms with Crippen LogP contribution in [0.1, 0.15) is 6.92 Å². The molecule has 0 saturated carbocycles. The van der Waals surface area contributed by atoms with Crippen molar-refractivity contribution in [2.75, 3.05) is 5.32 Å². The minimum absolute atomic E-state index is 0.148. The quantitative estimate of drug-likeness (QED) is 0.0553. The van der Waals surface area contributed by atoms with Gasteiger partial charge in [-0.15, -0.1) is 55.9 Å². The van der Waals surface area contributed by atoms with Crippen LogP contribution in [-0.4, -0.2) is 127 Å². The molecule has 2 aromatic heterocycles. The van der Waals surface area contributed by atoms with E-state index >= 15 is 0 Å². The molecule has 0 aliphatic carbocycles. The van der Waals surface area contributed by atoms with Gasteiger partial charge in [0.05, 0.1) is 32.7 Å². The Balaban J connectivity index is 0.00000106. The Kier molecular flexibility index (Phi) is 19.8. The fraction of sp³-hybridized carbons (Fsp3) is 0.0256. The summed E-state index contributed by atoms with van der Waals surface area (Å²) < 4.78 is 226. The first kappa shape index (κ1) is 64.8. The zero-order valence-corrected chi connectivity index (χ0v) is 46.4. The van der Waals surface area contributed by atoms with Gasteiger partial charge in [0.1, 0.15) is 42.3 Å². The van der Waals surface area contributed by atoms with Crippen LogP contribution in [0.4, 0.5) is 39.3 Å². The number of amides is 1. The number of nitrogens with zero attached hydrogens (tertiary/aromatic N) is 9. The number of carbonyl (C=O) groups excluding carboxylic acids is 3. The van der Waals surface area contributed by atoms with Crippen molar-refractivity contribution in [2.24, 2.45) is 30.7 Å². The standard InChI is InChI=1S/C38H26N10O18S6.CO2.2O3S/c1-17(49)40-27-14-29(34(71(61,62)63)15-28(27)44-47-38-41-24-4-2-3-5-31(24)67-38)45-42-25-8-7-21-20(35(25)50)6-9-26(36(21)72(64,65)66)43-46-30-16-39-48(37(30)51)18-10-22-23(32(11-18)69(55,56)57)12-19(68(52,53)54)13-33(22)70(58,59)60;2-1-3;2*1-4(2)3/h2-16,50-51H,1H3,(H,40,49)(H,52,53,54)(H,55,56,57)(H,58,59,60)(H,61,62,63)(H,64,65,66);;;. The van der Waals surface area contributed by atoms with Gasteiger partial charge in [0.25, 0.3) is 50.6 Å². The third-order valence-corrected chi connectivity index (χ3v) is 15.2. The molecule has 8 N–H and O–H groups in total. The molecule has 8 rings (SSSR count). The van der Waals surface area contributed by atoms with Gasteiger partial charge in [-0.1, -0.05) is 29.5 Å². The lowest BCUT2D eigenvalue weighted by molar-refractivity contribution is -0.191. The van der Waals surface area contributed by atoms with Crippen molar-refractivity contribution < 1.29 is 115 Å². The Bertz CT molecular complexity index is 4900. The number of rotatable bonds is 13. The van der Waals surface area contributed by atoms with Gasteiger partial charge in [0, 0.05) is 28.5 Å². The maximum absolute atomic E-state index is 12.8. The highest BCUT2D eigenvalue weighted by Crippen LogP contribution is 2.44. The zero-order valence-electron chi connectivity index (χ0n) is 39.8. The van der Waals surface area contributed by atoms with Crippen molar-refractivity contribution in [3.05, 3.63) is 91.1 Å². The first-order valence-electron chi connectivity index (χ1n) is 20.5. The second-order valence-electron chi connectivity index (χ2n) is 15.1. The molecule has 6 aromatic carbocycles. The van der Waals surface area contributed by atoms with Gasteiger partial charge in [-0.25, -0.2) is 4.98 Å². The van der Waals surface area contributed by atoms with Crippen molar-refractivity contribution in [2.45, 2.75) is 31.4 Å². The number of para-hydroxylation sites is 1. The first-order valence-corrected chi connectivity index (χ1v) is 30.5. The van der Waals surface area contributed by atoms with E-state index in [0.717, 1.165) is 71.6 Å². The average molecular weight is 1310 g/mol. The van der Waals surface area contributed by atoms with E-state index in [1.807, 2.05) is 0 Å². The Labute approximate surface area is 468 Å². The number of phenols is 1. The second kappa shape index (κ2) is 25.4. The summed E-state index contributed by atoms with van der Waals surface area (Å²) >= 11 is 1.16. The maximum Gasteiger partial charge on any atom is 0.425 e. The van der Waals surface area contributed by atoms with Crippen molar-refractivity contribution >= 4 is 166 Å². The summed E-state index contributed by atoms with van der Waals surface area (Å²) in [6.07, 6.45) is 1.02. The van der Waals surface area contributed by atoms with E-state index < -0.39 is 158 Å². The highest BCUT2D eigenvalue weighted by molar-refractivity contribution is 7.87. The Morgan fingerprint density at radius 1 is 0.566 bits per heavy atom. The lowest BCUT2D eigenvalue weighted by atomic mass is 10.1. The number of hydrogen-bond donors (Lipinski definition) is 8. The lowest BCUT2D eigenvalue weighted by Gasteiger charge is -2.13. The number of thiazole rings is 1. The topological polar surface area (TPSA) is 583 Å². The van der Waals surface area contributed by atoms with Gasteiger partial charge >= 0.3 is 27.4 Å². The molecular weight excluding hydrogens is 1280 g/mol. The van der Waals surface area contributed by atoms with Crippen LogP contribution in [-0.2, 0) is 86.2 Å². The lowest BCUT2D eigenvalue weighted by Crippen LogP contribution is -2.08. The molecule has 1 amide bonds. The fourth-order valence-corrected chi connectivity index (χ4v) is 11.1. The summed E-state index contributed by atoms with van der Waals surface area (Å²) in [4.78, 5) is 27.2. The number of nitrogens with one attached hydrogen (secondary N) is 1. The molecular formula is C39H26N10O26S8. The van der Waals surface area contributed by atoms with Gasteiger partial charge in [0.15, 0.2) is 11.4 Å². The molecule has 44 heteroatoms. The largest absolute Gasteiger partial charge is 0.505 e. The molecule has 0 saturated heterocycles. The molecule has 83 heavy (non-hydrogen) atoms. The summed E-state index contributed by atoms with van der Waals surface area (Å²) in [5.74, 6) is -2.46. The number of aromatic hydroxyl groups is 2. The number of phenolic OH excluding ortho intramolecular Hbond substituents is 1. The predicted octanol–water partition coefficient (Wildman–Crippen LogP) is 5.05. The van der Waals surface area contributed by atoms with Crippen molar-refractivity contribution in [1.82, 2.24) is 14.8 Å². The maximum atomic E-state index is 12.8. The van der Waals surface area contributed by atoms with Crippen LogP contribution in [0.3, 0.4) is 0 Å². The van der Waals surface area contributed by atoms with Crippen molar-refractivity contribution in [1.29, 1.82) is 0 Å². The van der Waals surface area contributed by atoms with E-state index in [9.17, 15) is 79.9 Å². The summed E-state index contributed by atoms with van der Waals surface area (Å²) in [6, 6.07) is 15.0. The smallest absolute Gasteiger partial charge is 0.425 e. The number of carbonyl (C=O) groups is 1. The van der Waals surface area contributed by atoms with Gasteiger partial charge in [-0.3, -0.25) is 27.6 Å². The molecule has 0 unspecified atom stereocenters. The normalized spacial score (nSPS) is 12.1. The SMILES string of the molecule is CC(=O)Nc1cc(N=Nc2ccc3c(S(=O)(=O)O)c(N=Nc4cnn(-c5cc(S(=O)(=O)O)c6cc(S(=O)(=O)O)cc(S(=O)(=O)O)c6c5)c4O)ccc3c2O)c(S(=O)(=O)O)cc1N=Nc1nc2ccccc2s1.O=C=O.O=S(=O)=O.O=S(=O)=O. The minimum Gasteiger partial charge on any atom is -0.505 e. The molecule has 0 aliphatic heterocycles. The number of benzene rings is 6. The van der Waals surface area contributed by atoms with Gasteiger partial charge in [-0.2, -0.15) is 61.5 Å². The van der Waals surface area contributed by atoms with Gasteiger partial charge in [0.2, 0.25) is 16.9 Å². The zero-order chi connectivity index (χ0) is 62.3. The van der Waals surface area contributed by atoms with Gasteiger partial charge in [-0.05, 0) is 66.7 Å². The monoisotopic (exact) mass is 1310 g/mol. The number of anilines is 1. The van der Waals surface area contributed by atoms with E-state index in [2.05, 4.69) is 46.1 Å². The highest BCUT2D eigenvalue weighted by Gasteiger charge is 2.28. The van der Waals surface area contributed by atoms with Crippen LogP contribution in [0.2, 0.25) is 0 Å². The fourth-order valence-electron chi connectivity index (χ4n) is 6.85. The number of hydrogen-bond acceptors (Lipinski definition) is 30. The molecule has 0 spiro atoms. The molecule has 0 atom stereocenters. The summed E-state index contributed by atoms with van der Waals surface area (Å²) in [7, 11) is -32.7. The van der Waals surface area contributed by atoms with E-state index in [0.29, 0.717) is 22.3 Å². The van der Waals surface area contributed by atoms with Crippen LogP contribution in [0.5, 0.6) is 11.6 Å². The van der Waals surface area contributed by atoms with E-state index in [1.165, 1.54) is 0 Å². The van der Waals surface area contributed by atoms with Gasteiger partial charge < -0.3 is 15.5 Å². The van der Waals surface area contributed by atoms with E-state index in [1.54, 1.807) is 24.3 Å². The Morgan fingerprint density at radius 2 is 1.07 bits per heavy atom. The van der Waals surface area contributed by atoms with E-state index in [4.69, 9.17) is 34.8 Å². The molecule has 0 aliphatic rings. The number of aromatic nitrogens is 3. The predicted molar refractivity (Wildman–Crippen MR) is 275 cm³/mol. The van der Waals surface area contributed by atoms with Crippen LogP contribution in [0.25, 0.3) is 37.4 Å². The second-order valence-corrected chi connectivity index (χ2v) is 23.9. The van der Waals surface area contributed by atoms with Crippen molar-refractivity contribution in [3.63, 3.8) is 0 Å². The van der Waals surface area contributed by atoms with Crippen LogP contribution < -0.4 is 5.32 Å². The molecule has 8 aromatic rings. The summed E-state index contributed by atoms with van der Waals surface area (Å²) in [6.45, 7) is 1.13.